The highest BCUT2D eigenvalue weighted by molar-refractivity contribution is 5.88. The highest BCUT2D eigenvalue weighted by atomic mass is 16.1. The standard InChI is InChI=1S/C18H22O2/c1-18-9-8-14-13-5-3-12(19)10-11(13)2-4-15(14)16(18)6-7-17(18)20/h8,15-16H,2-7,9-10H2,1H3/t15-,16-,18-/m0/s1. The van der Waals surface area contributed by atoms with Crippen molar-refractivity contribution >= 4 is 11.6 Å². The van der Waals surface area contributed by atoms with Crippen molar-refractivity contribution in [3.8, 4) is 0 Å². The highest BCUT2D eigenvalue weighted by Gasteiger charge is 2.52. The summed E-state index contributed by atoms with van der Waals surface area (Å²) in [6.45, 7) is 2.19. The van der Waals surface area contributed by atoms with Gasteiger partial charge in [0.15, 0.2) is 0 Å². The molecule has 0 aliphatic heterocycles. The van der Waals surface area contributed by atoms with E-state index in [1.54, 1.807) is 0 Å². The van der Waals surface area contributed by atoms with Crippen molar-refractivity contribution < 1.29 is 9.59 Å². The Balaban J connectivity index is 1.75. The molecule has 4 rings (SSSR count). The molecular weight excluding hydrogens is 248 g/mol. The molecule has 0 N–H and O–H groups in total. The lowest BCUT2D eigenvalue weighted by Crippen LogP contribution is -2.39. The van der Waals surface area contributed by atoms with Crippen LogP contribution in [0.25, 0.3) is 0 Å². The van der Waals surface area contributed by atoms with Crippen molar-refractivity contribution in [3.63, 3.8) is 0 Å². The summed E-state index contributed by atoms with van der Waals surface area (Å²) in [5, 5.41) is 0. The molecule has 0 unspecified atom stereocenters. The van der Waals surface area contributed by atoms with E-state index in [0.717, 1.165) is 44.9 Å². The van der Waals surface area contributed by atoms with E-state index in [4.69, 9.17) is 0 Å². The van der Waals surface area contributed by atoms with Crippen LogP contribution < -0.4 is 0 Å². The quantitative estimate of drug-likeness (QED) is 0.671. The van der Waals surface area contributed by atoms with Crippen LogP contribution >= 0.6 is 0 Å². The van der Waals surface area contributed by atoms with E-state index in [9.17, 15) is 9.59 Å². The van der Waals surface area contributed by atoms with Gasteiger partial charge in [-0.25, -0.2) is 0 Å². The first kappa shape index (κ1) is 12.6. The van der Waals surface area contributed by atoms with Crippen LogP contribution in [0, 0.1) is 17.3 Å². The minimum absolute atomic E-state index is 0.0866. The zero-order valence-electron chi connectivity index (χ0n) is 12.2. The van der Waals surface area contributed by atoms with Gasteiger partial charge < -0.3 is 0 Å². The number of hydrogen-bond acceptors (Lipinski definition) is 2. The molecule has 0 spiro atoms. The summed E-state index contributed by atoms with van der Waals surface area (Å²) in [5.74, 6) is 2.05. The van der Waals surface area contributed by atoms with Crippen LogP contribution in [0.5, 0.6) is 0 Å². The Morgan fingerprint density at radius 3 is 2.80 bits per heavy atom. The number of carbonyl (C=O) groups is 2. The van der Waals surface area contributed by atoms with Crippen LogP contribution in [0.2, 0.25) is 0 Å². The maximum atomic E-state index is 12.2. The van der Waals surface area contributed by atoms with Crippen LogP contribution in [0.3, 0.4) is 0 Å². The summed E-state index contributed by atoms with van der Waals surface area (Å²) in [5.41, 5.74) is 4.35. The van der Waals surface area contributed by atoms with Gasteiger partial charge in [0, 0.05) is 24.7 Å². The van der Waals surface area contributed by atoms with Crippen molar-refractivity contribution in [2.75, 3.05) is 0 Å². The monoisotopic (exact) mass is 270 g/mol. The number of carbonyl (C=O) groups excluding carboxylic acids is 2. The molecule has 2 heteroatoms. The Labute approximate surface area is 120 Å². The number of ketones is 2. The molecule has 0 heterocycles. The molecular formula is C18H22O2. The molecule has 4 aliphatic rings. The van der Waals surface area contributed by atoms with Gasteiger partial charge in [-0.2, -0.15) is 0 Å². The van der Waals surface area contributed by atoms with E-state index in [2.05, 4.69) is 13.0 Å². The van der Waals surface area contributed by atoms with Crippen LogP contribution in [0.4, 0.5) is 0 Å². The van der Waals surface area contributed by atoms with Gasteiger partial charge in [-0.15, -0.1) is 0 Å². The van der Waals surface area contributed by atoms with E-state index in [1.165, 1.54) is 16.7 Å². The fourth-order valence-corrected chi connectivity index (χ4v) is 5.19. The largest absolute Gasteiger partial charge is 0.299 e. The second-order valence-corrected chi connectivity index (χ2v) is 7.29. The van der Waals surface area contributed by atoms with Crippen molar-refractivity contribution in [2.45, 2.75) is 58.3 Å². The third-order valence-corrected chi connectivity index (χ3v) is 6.37. The molecule has 1 fully saturated rings. The molecule has 0 aromatic carbocycles. The van der Waals surface area contributed by atoms with E-state index < -0.39 is 0 Å². The Morgan fingerprint density at radius 2 is 1.95 bits per heavy atom. The highest BCUT2D eigenvalue weighted by Crippen LogP contribution is 2.57. The summed E-state index contributed by atoms with van der Waals surface area (Å²) in [6, 6.07) is 0. The number of Topliss-reactive ketones (excluding diaryl/α,β-unsaturated/α-hetero) is 2. The third-order valence-electron chi connectivity index (χ3n) is 6.37. The average molecular weight is 270 g/mol. The van der Waals surface area contributed by atoms with Crippen molar-refractivity contribution in [2.24, 2.45) is 17.3 Å². The first-order valence-corrected chi connectivity index (χ1v) is 8.06. The van der Waals surface area contributed by atoms with Gasteiger partial charge in [0.05, 0.1) is 0 Å². The molecule has 0 radical (unpaired) electrons. The third kappa shape index (κ3) is 1.57. The van der Waals surface area contributed by atoms with Crippen LogP contribution in [-0.4, -0.2) is 11.6 Å². The SMILES string of the molecule is C[C@]12CC=C3C4=C(CC[C@@H]3[C@@H]1CCC2=O)CC(=O)CC4. The fraction of sp³-hybridized carbons (Fsp3) is 0.667. The molecule has 0 aromatic rings. The first-order valence-electron chi connectivity index (χ1n) is 8.06. The normalized spacial score (nSPS) is 40.1. The second-order valence-electron chi connectivity index (χ2n) is 7.29. The molecule has 106 valence electrons. The molecule has 0 aromatic heterocycles. The lowest BCUT2D eigenvalue weighted by molar-refractivity contribution is -0.127. The predicted octanol–water partition coefficient (Wildman–Crippen LogP) is 3.76. The van der Waals surface area contributed by atoms with Gasteiger partial charge in [0.25, 0.3) is 0 Å². The van der Waals surface area contributed by atoms with Gasteiger partial charge in [0.2, 0.25) is 0 Å². The molecule has 0 amide bonds. The van der Waals surface area contributed by atoms with Gasteiger partial charge in [0.1, 0.15) is 11.6 Å². The fourth-order valence-electron chi connectivity index (χ4n) is 5.19. The van der Waals surface area contributed by atoms with Crippen LogP contribution in [0.1, 0.15) is 58.3 Å². The maximum Gasteiger partial charge on any atom is 0.139 e. The number of rotatable bonds is 0. The zero-order valence-corrected chi connectivity index (χ0v) is 12.2. The molecule has 3 atom stereocenters. The smallest absolute Gasteiger partial charge is 0.139 e. The minimum Gasteiger partial charge on any atom is -0.299 e. The summed E-state index contributed by atoms with van der Waals surface area (Å²) >= 11 is 0. The lowest BCUT2D eigenvalue weighted by Gasteiger charge is -2.44. The topological polar surface area (TPSA) is 34.1 Å². The van der Waals surface area contributed by atoms with Gasteiger partial charge in [-0.3, -0.25) is 9.59 Å². The van der Waals surface area contributed by atoms with Crippen molar-refractivity contribution in [1.29, 1.82) is 0 Å². The number of fused-ring (bicyclic) bond motifs is 4. The molecule has 20 heavy (non-hydrogen) atoms. The molecule has 2 nitrogen and oxygen atoms in total. The van der Waals surface area contributed by atoms with E-state index in [0.29, 0.717) is 29.8 Å². The van der Waals surface area contributed by atoms with E-state index in [1.807, 2.05) is 0 Å². The second kappa shape index (κ2) is 4.16. The average Bonchev–Trinajstić information content (AvgIpc) is 2.74. The van der Waals surface area contributed by atoms with Crippen molar-refractivity contribution in [3.05, 3.63) is 22.8 Å². The minimum atomic E-state index is -0.0866. The van der Waals surface area contributed by atoms with Crippen molar-refractivity contribution in [1.82, 2.24) is 0 Å². The van der Waals surface area contributed by atoms with Gasteiger partial charge >= 0.3 is 0 Å². The van der Waals surface area contributed by atoms with Gasteiger partial charge in [-0.05, 0) is 55.1 Å². The Bertz CT molecular complexity index is 566. The summed E-state index contributed by atoms with van der Waals surface area (Å²) in [6.07, 6.45) is 9.76. The summed E-state index contributed by atoms with van der Waals surface area (Å²) < 4.78 is 0. The van der Waals surface area contributed by atoms with Crippen LogP contribution in [-0.2, 0) is 9.59 Å². The zero-order chi connectivity index (χ0) is 13.9. The number of allylic oxidation sites excluding steroid dienone is 4. The summed E-state index contributed by atoms with van der Waals surface area (Å²) in [7, 11) is 0. The summed E-state index contributed by atoms with van der Waals surface area (Å²) in [4.78, 5) is 23.9. The number of hydrogen-bond donors (Lipinski definition) is 0. The first-order chi connectivity index (χ1) is 9.59. The Kier molecular flexibility index (Phi) is 2.61. The predicted molar refractivity (Wildman–Crippen MR) is 77.1 cm³/mol. The molecule has 4 aliphatic carbocycles. The van der Waals surface area contributed by atoms with Crippen LogP contribution in [0.15, 0.2) is 22.8 Å². The molecule has 0 bridgehead atoms. The van der Waals surface area contributed by atoms with E-state index in [-0.39, 0.29) is 5.41 Å². The maximum absolute atomic E-state index is 12.2. The van der Waals surface area contributed by atoms with Gasteiger partial charge in [-0.1, -0.05) is 18.6 Å². The Morgan fingerprint density at radius 1 is 1.10 bits per heavy atom. The molecule has 0 saturated heterocycles. The Hall–Kier alpha value is -1.18. The van der Waals surface area contributed by atoms with E-state index >= 15 is 0 Å². The lowest BCUT2D eigenvalue weighted by atomic mass is 9.59. The molecule has 1 saturated carbocycles.